The lowest BCUT2D eigenvalue weighted by atomic mass is 10.1. The van der Waals surface area contributed by atoms with Crippen molar-refractivity contribution in [2.45, 2.75) is 46.6 Å². The van der Waals surface area contributed by atoms with Crippen LogP contribution in [0.25, 0.3) is 0 Å². The van der Waals surface area contributed by atoms with Crippen LogP contribution in [0.2, 0.25) is 0 Å². The van der Waals surface area contributed by atoms with E-state index in [0.29, 0.717) is 19.3 Å². The maximum Gasteiger partial charge on any atom is 0.253 e. The number of imide groups is 1. The van der Waals surface area contributed by atoms with Crippen LogP contribution in [0.4, 0.5) is 0 Å². The van der Waals surface area contributed by atoms with Crippen molar-refractivity contribution in [3.8, 4) is 0 Å². The van der Waals surface area contributed by atoms with Gasteiger partial charge >= 0.3 is 0 Å². The van der Waals surface area contributed by atoms with E-state index in [-0.39, 0.29) is 72.6 Å². The van der Waals surface area contributed by atoms with Crippen molar-refractivity contribution in [3.63, 3.8) is 0 Å². The smallest absolute Gasteiger partial charge is 0.253 e. The van der Waals surface area contributed by atoms with Crippen molar-refractivity contribution in [2.75, 3.05) is 46.1 Å². The minimum absolute atomic E-state index is 0. The Morgan fingerprint density at radius 1 is 0.969 bits per heavy atom. The van der Waals surface area contributed by atoms with Crippen LogP contribution < -0.4 is 16.4 Å². The van der Waals surface area contributed by atoms with E-state index in [1.807, 2.05) is 0 Å². The van der Waals surface area contributed by atoms with Gasteiger partial charge in [0.05, 0.1) is 25.9 Å². The summed E-state index contributed by atoms with van der Waals surface area (Å²) < 4.78 is 10.5. The van der Waals surface area contributed by atoms with Crippen molar-refractivity contribution in [2.24, 2.45) is 5.73 Å². The van der Waals surface area contributed by atoms with E-state index in [0.717, 1.165) is 17.7 Å². The zero-order valence-electron chi connectivity index (χ0n) is 17.0. The Kier molecular flexibility index (Phi) is 18.8. The van der Waals surface area contributed by atoms with Crippen LogP contribution in [0.15, 0.2) is 12.2 Å². The molecule has 1 rings (SSSR count). The molecule has 0 saturated carbocycles. The summed E-state index contributed by atoms with van der Waals surface area (Å²) in [5.41, 5.74) is 5.47. The van der Waals surface area contributed by atoms with Gasteiger partial charge in [0.1, 0.15) is 12.9 Å². The van der Waals surface area contributed by atoms with E-state index in [2.05, 4.69) is 10.6 Å². The summed E-state index contributed by atoms with van der Waals surface area (Å²) in [5.74, 6) is -1.34. The number of carbonyl (C=O) groups excluding carboxylic acids is 5. The number of nitrogens with two attached hydrogens (primary N) is 1. The zero-order valence-corrected chi connectivity index (χ0v) is 17.0. The number of aldehydes is 1. The molecule has 11 nitrogen and oxygen atoms in total. The summed E-state index contributed by atoms with van der Waals surface area (Å²) in [6.07, 6.45) is 5.19. The number of hydrogen-bond donors (Lipinski definition) is 3. The van der Waals surface area contributed by atoms with Gasteiger partial charge in [-0.3, -0.25) is 24.1 Å². The molecule has 0 bridgehead atoms. The summed E-state index contributed by atoms with van der Waals surface area (Å²) in [5, 5.41) is 5.33. The Labute approximate surface area is 190 Å². The number of nitrogens with one attached hydrogen (secondary N) is 2. The Bertz CT molecular complexity index is 607. The maximum absolute atomic E-state index is 11.7. The average molecular weight is 459 g/mol. The van der Waals surface area contributed by atoms with Crippen molar-refractivity contribution >= 4 is 29.9 Å². The Hall–Kier alpha value is -2.63. The van der Waals surface area contributed by atoms with E-state index in [1.54, 1.807) is 0 Å². The zero-order chi connectivity index (χ0) is 22.2. The molecule has 1 aliphatic heterocycles. The molecule has 0 saturated heterocycles. The number of rotatable bonds is 17. The predicted molar refractivity (Wildman–Crippen MR) is 119 cm³/mol. The van der Waals surface area contributed by atoms with Crippen molar-refractivity contribution in [1.82, 2.24) is 15.5 Å². The minimum Gasteiger partial charge on any atom is -0.377 e. The first kappa shape index (κ1) is 31.6. The minimum atomic E-state index is -0.443. The Balaban J connectivity index is 0. The highest BCUT2D eigenvalue weighted by Gasteiger charge is 2.23. The molecular weight excluding hydrogens is 420 g/mol. The molecule has 4 amide bonds. The summed E-state index contributed by atoms with van der Waals surface area (Å²) >= 11 is 0. The van der Waals surface area contributed by atoms with Gasteiger partial charge in [0.25, 0.3) is 11.8 Å². The molecule has 0 aromatic carbocycles. The number of amides is 4. The number of hydrogen-bond acceptors (Lipinski definition) is 8. The highest BCUT2D eigenvalue weighted by molar-refractivity contribution is 6.13. The van der Waals surface area contributed by atoms with Gasteiger partial charge in [-0.15, -0.1) is 0 Å². The van der Waals surface area contributed by atoms with Crippen LogP contribution in [-0.4, -0.2) is 86.9 Å². The molecular formula is C21H38N4O7. The number of unbranched alkanes of at least 4 members (excludes halogenated alkanes) is 1. The van der Waals surface area contributed by atoms with Crippen LogP contribution >= 0.6 is 0 Å². The maximum atomic E-state index is 11.7. The normalized spacial score (nSPS) is 13.2. The second-order valence-corrected chi connectivity index (χ2v) is 6.57. The van der Waals surface area contributed by atoms with Crippen LogP contribution in [0.3, 0.4) is 0 Å². The van der Waals surface area contributed by atoms with Gasteiger partial charge < -0.3 is 30.6 Å². The van der Waals surface area contributed by atoms with Crippen LogP contribution in [-0.2, 0) is 33.4 Å². The van der Waals surface area contributed by atoms with Crippen molar-refractivity contribution < 1.29 is 33.4 Å². The van der Waals surface area contributed by atoms with Gasteiger partial charge in [0.15, 0.2) is 0 Å². The lowest BCUT2D eigenvalue weighted by Crippen LogP contribution is -2.35. The Morgan fingerprint density at radius 2 is 1.59 bits per heavy atom. The summed E-state index contributed by atoms with van der Waals surface area (Å²) in [4.78, 5) is 57.3. The molecule has 1 aliphatic rings. The summed E-state index contributed by atoms with van der Waals surface area (Å²) in [7, 11) is 0. The first-order valence-electron chi connectivity index (χ1n) is 9.87. The number of nitrogens with zero attached hydrogens (tertiary/aromatic N) is 1. The molecule has 0 aromatic heterocycles. The van der Waals surface area contributed by atoms with Crippen molar-refractivity contribution in [1.29, 1.82) is 0 Å². The predicted octanol–water partition coefficient (Wildman–Crippen LogP) is -0.464. The fourth-order valence-electron chi connectivity index (χ4n) is 2.45. The van der Waals surface area contributed by atoms with Gasteiger partial charge in [0.2, 0.25) is 11.8 Å². The standard InChI is InChI=1S/C19H30N4O7.2CH4/c20-15(13-24)3-1-2-7-21-17(26)14-30-12-11-29-10-8-22-16(25)6-9-23-18(27)4-5-19(23)28;;/h4-5,13,15H,1-3,6-12,14,20H2,(H,21,26)(H,22,25);2*1H4. The largest absolute Gasteiger partial charge is 0.377 e. The fourth-order valence-corrected chi connectivity index (χ4v) is 2.45. The molecule has 1 unspecified atom stereocenters. The van der Waals surface area contributed by atoms with Gasteiger partial charge in [-0.05, 0) is 19.3 Å². The van der Waals surface area contributed by atoms with Crippen molar-refractivity contribution in [3.05, 3.63) is 12.2 Å². The monoisotopic (exact) mass is 458 g/mol. The molecule has 32 heavy (non-hydrogen) atoms. The first-order valence-corrected chi connectivity index (χ1v) is 9.87. The van der Waals surface area contributed by atoms with E-state index in [9.17, 15) is 24.0 Å². The van der Waals surface area contributed by atoms with Crippen LogP contribution in [0, 0.1) is 0 Å². The van der Waals surface area contributed by atoms with Gasteiger partial charge in [-0.25, -0.2) is 0 Å². The molecule has 4 N–H and O–H groups in total. The Morgan fingerprint density at radius 3 is 2.25 bits per heavy atom. The van der Waals surface area contributed by atoms with Crippen LogP contribution in [0.1, 0.15) is 40.5 Å². The lowest BCUT2D eigenvalue weighted by Gasteiger charge is -2.13. The third kappa shape index (κ3) is 14.4. The fraction of sp³-hybridized carbons (Fsp3) is 0.667. The van der Waals surface area contributed by atoms with E-state index in [1.165, 1.54) is 12.2 Å². The molecule has 0 spiro atoms. The third-order valence-corrected chi connectivity index (χ3v) is 4.10. The quantitative estimate of drug-likeness (QED) is 0.150. The number of ether oxygens (including phenoxy) is 2. The molecule has 1 atom stereocenters. The second-order valence-electron chi connectivity index (χ2n) is 6.57. The average Bonchev–Trinajstić information content (AvgIpc) is 3.05. The molecule has 1 heterocycles. The summed E-state index contributed by atoms with van der Waals surface area (Å²) in [6.45, 7) is 1.54. The molecule has 0 fully saturated rings. The van der Waals surface area contributed by atoms with Crippen LogP contribution in [0.5, 0.6) is 0 Å². The molecule has 0 radical (unpaired) electrons. The van der Waals surface area contributed by atoms with Gasteiger partial charge in [0, 0.05) is 38.2 Å². The van der Waals surface area contributed by atoms with E-state index < -0.39 is 17.9 Å². The molecule has 184 valence electrons. The molecule has 0 aromatic rings. The van der Waals surface area contributed by atoms with E-state index >= 15 is 0 Å². The lowest BCUT2D eigenvalue weighted by molar-refractivity contribution is -0.137. The topological polar surface area (TPSA) is 157 Å². The second kappa shape index (κ2) is 19.1. The van der Waals surface area contributed by atoms with Gasteiger partial charge in [-0.1, -0.05) is 14.9 Å². The van der Waals surface area contributed by atoms with Gasteiger partial charge in [-0.2, -0.15) is 0 Å². The third-order valence-electron chi connectivity index (χ3n) is 4.10. The highest BCUT2D eigenvalue weighted by Crippen LogP contribution is 2.03. The highest BCUT2D eigenvalue weighted by atomic mass is 16.5. The first-order chi connectivity index (χ1) is 14.4. The van der Waals surface area contributed by atoms with E-state index in [4.69, 9.17) is 15.2 Å². The molecule has 0 aliphatic carbocycles. The number of carbonyl (C=O) groups is 5. The SMILES string of the molecule is C.C.NC(C=O)CCCCNC(=O)COCCOCCNC(=O)CCN1C(=O)C=CC1=O. The summed E-state index contributed by atoms with van der Waals surface area (Å²) in [6, 6.07) is -0.443. The molecule has 11 heteroatoms.